The van der Waals surface area contributed by atoms with Gasteiger partial charge in [0.1, 0.15) is 0 Å². The minimum absolute atomic E-state index is 0.0886. The first-order chi connectivity index (χ1) is 16.8. The van der Waals surface area contributed by atoms with Gasteiger partial charge in [0.05, 0.1) is 5.02 Å². The topological polar surface area (TPSA) is 89.0 Å². The van der Waals surface area contributed by atoms with Crippen molar-refractivity contribution in [2.45, 2.75) is 97.9 Å². The minimum Gasteiger partial charge on any atom is -0.448 e. The fourth-order valence-corrected chi connectivity index (χ4v) is 5.80. The van der Waals surface area contributed by atoms with Crippen LogP contribution in [0.15, 0.2) is 22.2 Å². The monoisotopic (exact) mass is 515 g/mol. The molecular formula is C28H38ClN3O4. The van der Waals surface area contributed by atoms with E-state index in [0.717, 1.165) is 37.0 Å². The van der Waals surface area contributed by atoms with E-state index in [9.17, 15) is 9.59 Å². The van der Waals surface area contributed by atoms with Crippen molar-refractivity contribution in [2.75, 3.05) is 6.54 Å². The Morgan fingerprint density at radius 3 is 2.39 bits per heavy atom. The third kappa shape index (κ3) is 5.47. The van der Waals surface area contributed by atoms with Gasteiger partial charge in [-0.15, -0.1) is 0 Å². The number of rotatable bonds is 5. The Morgan fingerprint density at radius 1 is 1.14 bits per heavy atom. The summed E-state index contributed by atoms with van der Waals surface area (Å²) in [6, 6.07) is 2.11. The molecule has 1 saturated carbocycles. The number of carbonyl (C=O) groups excluding carboxylic acids is 2. The maximum absolute atomic E-state index is 13.1. The van der Waals surface area contributed by atoms with Gasteiger partial charge in [-0.2, -0.15) is 0 Å². The molecule has 7 nitrogen and oxygen atoms in total. The van der Waals surface area contributed by atoms with E-state index in [4.69, 9.17) is 21.1 Å². The van der Waals surface area contributed by atoms with E-state index in [1.165, 1.54) is 0 Å². The number of allylic oxidation sites excluding steroid dienone is 1. The maximum Gasteiger partial charge on any atom is 0.274 e. The van der Waals surface area contributed by atoms with Crippen LogP contribution < -0.4 is 20.1 Å². The zero-order valence-electron chi connectivity index (χ0n) is 22.4. The quantitative estimate of drug-likeness (QED) is 0.539. The molecule has 36 heavy (non-hydrogen) atoms. The molecule has 2 N–H and O–H groups in total. The molecule has 1 fully saturated rings. The van der Waals surface area contributed by atoms with Crippen LogP contribution in [0.25, 0.3) is 0 Å². The van der Waals surface area contributed by atoms with Gasteiger partial charge in [-0.05, 0) is 73.3 Å². The first-order valence-electron chi connectivity index (χ1n) is 12.8. The van der Waals surface area contributed by atoms with E-state index < -0.39 is 5.79 Å². The zero-order valence-corrected chi connectivity index (χ0v) is 23.2. The number of carbonyl (C=O) groups is 2. The first-order valence-corrected chi connectivity index (χ1v) is 13.2. The second-order valence-corrected chi connectivity index (χ2v) is 12.0. The number of hydrogen-bond donors (Lipinski definition) is 2. The summed E-state index contributed by atoms with van der Waals surface area (Å²) < 4.78 is 12.8. The van der Waals surface area contributed by atoms with E-state index >= 15 is 0 Å². The van der Waals surface area contributed by atoms with Crippen molar-refractivity contribution in [3.05, 3.63) is 33.4 Å². The van der Waals surface area contributed by atoms with Crippen LogP contribution in [0.2, 0.25) is 5.02 Å². The molecule has 0 bridgehead atoms. The summed E-state index contributed by atoms with van der Waals surface area (Å²) in [4.78, 5) is 29.4. The molecule has 0 spiro atoms. The number of nitrogens with one attached hydrogen (secondary N) is 2. The molecule has 196 valence electrons. The summed E-state index contributed by atoms with van der Waals surface area (Å²) in [6.45, 7) is 14.2. The fraction of sp³-hybridized carbons (Fsp3) is 0.607. The van der Waals surface area contributed by atoms with Gasteiger partial charge in [-0.25, -0.2) is 4.99 Å². The number of dihydropyridines is 1. The van der Waals surface area contributed by atoms with E-state index in [0.29, 0.717) is 45.7 Å². The van der Waals surface area contributed by atoms with Gasteiger partial charge >= 0.3 is 0 Å². The van der Waals surface area contributed by atoms with Gasteiger partial charge < -0.3 is 20.1 Å². The highest BCUT2D eigenvalue weighted by Gasteiger charge is 2.47. The molecule has 0 aromatic heterocycles. The number of fused-ring (bicyclic) bond motifs is 1. The molecule has 0 saturated heterocycles. The number of benzene rings is 1. The normalized spacial score (nSPS) is 26.2. The summed E-state index contributed by atoms with van der Waals surface area (Å²) in [7, 11) is 0. The second kappa shape index (κ2) is 9.82. The van der Waals surface area contributed by atoms with Gasteiger partial charge in [0.2, 0.25) is 0 Å². The van der Waals surface area contributed by atoms with Crippen LogP contribution in [-0.2, 0) is 4.79 Å². The number of aliphatic imine (C=N–C) groups is 1. The Morgan fingerprint density at radius 2 is 1.78 bits per heavy atom. The van der Waals surface area contributed by atoms with Gasteiger partial charge in [0.15, 0.2) is 11.5 Å². The third-order valence-corrected chi connectivity index (χ3v) is 7.69. The van der Waals surface area contributed by atoms with Gasteiger partial charge in [0, 0.05) is 59.8 Å². The van der Waals surface area contributed by atoms with Crippen LogP contribution in [0.5, 0.6) is 11.5 Å². The van der Waals surface area contributed by atoms with Crippen LogP contribution in [0, 0.1) is 12.8 Å². The molecule has 1 unspecified atom stereocenters. The summed E-state index contributed by atoms with van der Waals surface area (Å²) in [6.07, 6.45) is 4.70. The number of ether oxygens (including phenoxy) is 2. The first kappa shape index (κ1) is 26.7. The van der Waals surface area contributed by atoms with Gasteiger partial charge in [-0.3, -0.25) is 9.59 Å². The Labute approximate surface area is 219 Å². The molecule has 2 heterocycles. The van der Waals surface area contributed by atoms with E-state index in [2.05, 4.69) is 36.4 Å². The smallest absolute Gasteiger partial charge is 0.274 e. The molecule has 1 aliphatic carbocycles. The van der Waals surface area contributed by atoms with Crippen LogP contribution in [-0.4, -0.2) is 41.4 Å². The van der Waals surface area contributed by atoms with Crippen LogP contribution in [0.3, 0.4) is 0 Å². The number of hydrogen-bond acceptors (Lipinski definition) is 5. The number of halogens is 1. The standard InChI is InChI=1S/C28H38ClN3O4/c1-15-12-16(2)31-26(34)21(15)14-30-25(33)20-13-22(29)24-23(17(20)3)35-28(7,36-24)18-8-10-19(11-9-18)32-27(4,5)6/h13,18-19,32H,8-12,14H2,1-7H3,(H,30,33). The fourth-order valence-electron chi connectivity index (χ4n) is 5.57. The molecule has 1 aromatic carbocycles. The summed E-state index contributed by atoms with van der Waals surface area (Å²) >= 11 is 6.59. The van der Waals surface area contributed by atoms with Gasteiger partial charge in [-0.1, -0.05) is 17.2 Å². The van der Waals surface area contributed by atoms with E-state index in [-0.39, 0.29) is 29.8 Å². The largest absolute Gasteiger partial charge is 0.448 e. The Hall–Kier alpha value is -2.38. The lowest BCUT2D eigenvalue weighted by molar-refractivity contribution is -0.121. The predicted octanol–water partition coefficient (Wildman–Crippen LogP) is 5.52. The highest BCUT2D eigenvalue weighted by Crippen LogP contribution is 2.51. The molecule has 8 heteroatoms. The van der Waals surface area contributed by atoms with Crippen molar-refractivity contribution in [1.82, 2.24) is 10.6 Å². The SMILES string of the molecule is CC1=NC(=O)C(CNC(=O)c2cc(Cl)c3c(c2C)OC(C)(C2CCC(NC(C)(C)C)CC2)O3)=C(C)C1. The van der Waals surface area contributed by atoms with Gasteiger partial charge in [0.25, 0.3) is 17.6 Å². The predicted molar refractivity (Wildman–Crippen MR) is 142 cm³/mol. The van der Waals surface area contributed by atoms with Crippen molar-refractivity contribution < 1.29 is 19.1 Å². The summed E-state index contributed by atoms with van der Waals surface area (Å²) in [5, 5.41) is 6.91. The Balaban J connectivity index is 1.46. The van der Waals surface area contributed by atoms with Crippen LogP contribution in [0.4, 0.5) is 0 Å². The minimum atomic E-state index is -0.829. The number of nitrogens with zero attached hydrogens (tertiary/aromatic N) is 1. The summed E-state index contributed by atoms with van der Waals surface area (Å²) in [5.41, 5.74) is 3.41. The Kier molecular flexibility index (Phi) is 7.28. The number of amides is 2. The highest BCUT2D eigenvalue weighted by molar-refractivity contribution is 6.33. The highest BCUT2D eigenvalue weighted by atomic mass is 35.5. The molecule has 2 amide bonds. The van der Waals surface area contributed by atoms with Crippen LogP contribution >= 0.6 is 11.6 Å². The lowest BCUT2D eigenvalue weighted by Crippen LogP contribution is -2.49. The van der Waals surface area contributed by atoms with Crippen LogP contribution in [0.1, 0.15) is 89.6 Å². The molecule has 0 radical (unpaired) electrons. The van der Waals surface area contributed by atoms with Crippen molar-refractivity contribution in [2.24, 2.45) is 10.9 Å². The van der Waals surface area contributed by atoms with E-state index in [1.54, 1.807) is 6.07 Å². The van der Waals surface area contributed by atoms with Crippen molar-refractivity contribution in [1.29, 1.82) is 0 Å². The molecular weight excluding hydrogens is 478 g/mol. The van der Waals surface area contributed by atoms with Crippen molar-refractivity contribution in [3.8, 4) is 11.5 Å². The molecule has 1 aromatic rings. The second-order valence-electron chi connectivity index (χ2n) is 11.6. The maximum atomic E-state index is 13.1. The van der Waals surface area contributed by atoms with Crippen molar-refractivity contribution in [3.63, 3.8) is 0 Å². The third-order valence-electron chi connectivity index (χ3n) is 7.41. The molecule has 3 aliphatic rings. The lowest BCUT2D eigenvalue weighted by atomic mass is 9.80. The van der Waals surface area contributed by atoms with E-state index in [1.807, 2.05) is 27.7 Å². The molecule has 1 atom stereocenters. The van der Waals surface area contributed by atoms with Crippen molar-refractivity contribution >= 4 is 29.1 Å². The average Bonchev–Trinajstić information content (AvgIpc) is 3.14. The average molecular weight is 516 g/mol. The summed E-state index contributed by atoms with van der Waals surface area (Å²) in [5.74, 6) is -0.205. The lowest BCUT2D eigenvalue weighted by Gasteiger charge is -2.39. The zero-order chi connectivity index (χ0) is 26.4. The Bertz CT molecular complexity index is 1140. The molecule has 2 aliphatic heterocycles. The molecule has 4 rings (SSSR count).